The fourth-order valence-corrected chi connectivity index (χ4v) is 1.69. The lowest BCUT2D eigenvalue weighted by Gasteiger charge is -2.08. The molecule has 0 radical (unpaired) electrons. The Morgan fingerprint density at radius 3 is 3.00 bits per heavy atom. The minimum Gasteiger partial charge on any atom is -0.467 e. The van der Waals surface area contributed by atoms with Gasteiger partial charge >= 0.3 is 0 Å². The predicted octanol–water partition coefficient (Wildman–Crippen LogP) is 0.785. The number of rotatable bonds is 4. The molecule has 0 aliphatic carbocycles. The second-order valence-corrected chi connectivity index (χ2v) is 4.04. The number of aromatic nitrogens is 2. The molecule has 1 unspecified atom stereocenters. The van der Waals surface area contributed by atoms with E-state index in [0.717, 1.165) is 0 Å². The molecule has 0 aromatic carbocycles. The van der Waals surface area contributed by atoms with Gasteiger partial charge < -0.3 is 14.8 Å². The summed E-state index contributed by atoms with van der Waals surface area (Å²) in [5.41, 5.74) is 1.16. The first-order valence-corrected chi connectivity index (χ1v) is 5.58. The minimum absolute atomic E-state index is 0.0979. The lowest BCUT2D eigenvalue weighted by Crippen LogP contribution is -2.28. The van der Waals surface area contributed by atoms with E-state index in [9.17, 15) is 9.90 Å². The Bertz CT molecular complexity index is 531. The lowest BCUT2D eigenvalue weighted by atomic mass is 10.2. The van der Waals surface area contributed by atoms with Crippen LogP contribution in [0, 0.1) is 6.92 Å². The van der Waals surface area contributed by atoms with Crippen LogP contribution in [0.1, 0.15) is 27.9 Å². The molecular formula is C12H15N3O3. The Hall–Kier alpha value is -2.08. The maximum atomic E-state index is 11.8. The molecule has 2 rings (SSSR count). The zero-order valence-corrected chi connectivity index (χ0v) is 10.3. The molecule has 18 heavy (non-hydrogen) atoms. The van der Waals surface area contributed by atoms with Gasteiger partial charge in [-0.1, -0.05) is 0 Å². The summed E-state index contributed by atoms with van der Waals surface area (Å²) in [4.78, 5) is 11.8. The molecule has 0 saturated heterocycles. The van der Waals surface area contributed by atoms with Crippen molar-refractivity contribution in [3.8, 4) is 0 Å². The number of furan rings is 1. The van der Waals surface area contributed by atoms with E-state index in [4.69, 9.17) is 4.42 Å². The first-order chi connectivity index (χ1) is 8.58. The van der Waals surface area contributed by atoms with Crippen LogP contribution in [0.4, 0.5) is 0 Å². The normalized spacial score (nSPS) is 12.4. The molecule has 2 N–H and O–H groups in total. The Balaban J connectivity index is 1.94. The number of hydrogen-bond donors (Lipinski definition) is 2. The summed E-state index contributed by atoms with van der Waals surface area (Å²) < 4.78 is 6.62. The van der Waals surface area contributed by atoms with E-state index in [-0.39, 0.29) is 12.5 Å². The molecule has 1 amide bonds. The standard InChI is InChI=1S/C12H15N3O3/c1-8-9(7-15(2)14-8)12(17)13-6-10(16)11-4-3-5-18-11/h3-5,7,10,16H,6H2,1-2H3,(H,13,17). The van der Waals surface area contributed by atoms with E-state index in [1.54, 1.807) is 37.0 Å². The molecule has 6 nitrogen and oxygen atoms in total. The molecule has 0 spiro atoms. The predicted molar refractivity (Wildman–Crippen MR) is 63.9 cm³/mol. The maximum Gasteiger partial charge on any atom is 0.254 e. The summed E-state index contributed by atoms with van der Waals surface area (Å²) in [6, 6.07) is 3.35. The molecule has 96 valence electrons. The monoisotopic (exact) mass is 249 g/mol. The number of aryl methyl sites for hydroxylation is 2. The lowest BCUT2D eigenvalue weighted by molar-refractivity contribution is 0.0900. The largest absolute Gasteiger partial charge is 0.467 e. The van der Waals surface area contributed by atoms with Crippen molar-refractivity contribution >= 4 is 5.91 Å². The van der Waals surface area contributed by atoms with Crippen LogP contribution >= 0.6 is 0 Å². The zero-order chi connectivity index (χ0) is 13.1. The molecule has 0 bridgehead atoms. The van der Waals surface area contributed by atoms with E-state index >= 15 is 0 Å². The number of aliphatic hydroxyl groups is 1. The Labute approximate surface area is 104 Å². The SMILES string of the molecule is Cc1nn(C)cc1C(=O)NCC(O)c1ccco1. The number of amides is 1. The smallest absolute Gasteiger partial charge is 0.254 e. The highest BCUT2D eigenvalue weighted by Gasteiger charge is 2.15. The molecule has 0 saturated carbocycles. The van der Waals surface area contributed by atoms with Crippen molar-refractivity contribution in [2.24, 2.45) is 7.05 Å². The quantitative estimate of drug-likeness (QED) is 0.839. The summed E-state index contributed by atoms with van der Waals surface area (Å²) in [6.07, 6.45) is 2.27. The van der Waals surface area contributed by atoms with Crippen LogP contribution < -0.4 is 5.32 Å². The summed E-state index contributed by atoms with van der Waals surface area (Å²) in [5.74, 6) is 0.171. The van der Waals surface area contributed by atoms with Crippen LogP contribution in [-0.2, 0) is 7.05 Å². The molecule has 0 aliphatic rings. The average molecular weight is 249 g/mol. The second kappa shape index (κ2) is 5.05. The van der Waals surface area contributed by atoms with Crippen LogP contribution in [-0.4, -0.2) is 27.3 Å². The molecule has 2 heterocycles. The van der Waals surface area contributed by atoms with Crippen molar-refractivity contribution in [2.45, 2.75) is 13.0 Å². The minimum atomic E-state index is -0.846. The molecule has 2 aromatic rings. The van der Waals surface area contributed by atoms with Crippen molar-refractivity contribution in [1.82, 2.24) is 15.1 Å². The third-order valence-corrected chi connectivity index (χ3v) is 2.59. The highest BCUT2D eigenvalue weighted by Crippen LogP contribution is 2.12. The Morgan fingerprint density at radius 2 is 2.44 bits per heavy atom. The maximum absolute atomic E-state index is 11.8. The van der Waals surface area contributed by atoms with Crippen molar-refractivity contribution in [2.75, 3.05) is 6.54 Å². The van der Waals surface area contributed by atoms with E-state index in [1.807, 2.05) is 0 Å². The summed E-state index contributed by atoms with van der Waals surface area (Å²) >= 11 is 0. The van der Waals surface area contributed by atoms with Gasteiger partial charge in [0.1, 0.15) is 11.9 Å². The van der Waals surface area contributed by atoms with E-state index in [2.05, 4.69) is 10.4 Å². The number of aliphatic hydroxyl groups excluding tert-OH is 1. The third kappa shape index (κ3) is 2.60. The number of hydrogen-bond acceptors (Lipinski definition) is 4. The molecule has 0 fully saturated rings. The van der Waals surface area contributed by atoms with Crippen molar-refractivity contribution in [3.05, 3.63) is 41.6 Å². The summed E-state index contributed by atoms with van der Waals surface area (Å²) in [6.45, 7) is 1.86. The van der Waals surface area contributed by atoms with Gasteiger partial charge in [-0.25, -0.2) is 0 Å². The Kier molecular flexibility index (Phi) is 3.47. The Morgan fingerprint density at radius 1 is 1.67 bits per heavy atom. The highest BCUT2D eigenvalue weighted by atomic mass is 16.4. The van der Waals surface area contributed by atoms with Gasteiger partial charge in [0.15, 0.2) is 0 Å². The number of carbonyl (C=O) groups excluding carboxylic acids is 1. The second-order valence-electron chi connectivity index (χ2n) is 4.04. The van der Waals surface area contributed by atoms with Gasteiger partial charge in [-0.05, 0) is 19.1 Å². The van der Waals surface area contributed by atoms with Crippen LogP contribution in [0.5, 0.6) is 0 Å². The third-order valence-electron chi connectivity index (χ3n) is 2.59. The zero-order valence-electron chi connectivity index (χ0n) is 10.3. The van der Waals surface area contributed by atoms with Crippen LogP contribution in [0.2, 0.25) is 0 Å². The van der Waals surface area contributed by atoms with Crippen LogP contribution in [0.3, 0.4) is 0 Å². The van der Waals surface area contributed by atoms with Crippen LogP contribution in [0.15, 0.2) is 29.0 Å². The number of nitrogens with zero attached hydrogens (tertiary/aromatic N) is 2. The molecule has 0 aliphatic heterocycles. The number of carbonyl (C=O) groups is 1. The van der Waals surface area contributed by atoms with Gasteiger partial charge in [-0.15, -0.1) is 0 Å². The van der Waals surface area contributed by atoms with E-state index in [1.165, 1.54) is 6.26 Å². The topological polar surface area (TPSA) is 80.3 Å². The van der Waals surface area contributed by atoms with Crippen molar-refractivity contribution in [1.29, 1.82) is 0 Å². The van der Waals surface area contributed by atoms with Crippen LogP contribution in [0.25, 0.3) is 0 Å². The van der Waals surface area contributed by atoms with Gasteiger partial charge in [-0.3, -0.25) is 9.48 Å². The van der Waals surface area contributed by atoms with Crippen molar-refractivity contribution < 1.29 is 14.3 Å². The summed E-state index contributed by atoms with van der Waals surface area (Å²) in [7, 11) is 1.75. The fraction of sp³-hybridized carbons (Fsp3) is 0.333. The van der Waals surface area contributed by atoms with E-state index < -0.39 is 6.10 Å². The van der Waals surface area contributed by atoms with Crippen molar-refractivity contribution in [3.63, 3.8) is 0 Å². The molecule has 2 aromatic heterocycles. The molecular weight excluding hydrogens is 234 g/mol. The molecule has 1 atom stereocenters. The molecule has 6 heteroatoms. The first kappa shape index (κ1) is 12.4. The van der Waals surface area contributed by atoms with Gasteiger partial charge in [0.05, 0.1) is 24.1 Å². The average Bonchev–Trinajstić information content (AvgIpc) is 2.95. The first-order valence-electron chi connectivity index (χ1n) is 5.58. The van der Waals surface area contributed by atoms with Gasteiger partial charge in [-0.2, -0.15) is 5.10 Å². The summed E-state index contributed by atoms with van der Waals surface area (Å²) in [5, 5.41) is 16.5. The van der Waals surface area contributed by atoms with Gasteiger partial charge in [0, 0.05) is 13.2 Å². The van der Waals surface area contributed by atoms with Gasteiger partial charge in [0.25, 0.3) is 5.91 Å². The number of nitrogens with one attached hydrogen (secondary N) is 1. The van der Waals surface area contributed by atoms with E-state index in [0.29, 0.717) is 17.0 Å². The highest BCUT2D eigenvalue weighted by molar-refractivity contribution is 5.94. The fourth-order valence-electron chi connectivity index (χ4n) is 1.69. The van der Waals surface area contributed by atoms with Gasteiger partial charge in [0.2, 0.25) is 0 Å².